The van der Waals surface area contributed by atoms with Crippen LogP contribution in [0.2, 0.25) is 0 Å². The van der Waals surface area contributed by atoms with Crippen molar-refractivity contribution in [1.82, 2.24) is 29.7 Å². The van der Waals surface area contributed by atoms with Crippen molar-refractivity contribution < 1.29 is 33.4 Å². The van der Waals surface area contributed by atoms with E-state index in [2.05, 4.69) is 37.7 Å². The number of anilines is 1. The third kappa shape index (κ3) is 8.49. The molecule has 2 heterocycles. The fourth-order valence-corrected chi connectivity index (χ4v) is 6.75. The van der Waals surface area contributed by atoms with Crippen LogP contribution in [0.4, 0.5) is 15.4 Å². The summed E-state index contributed by atoms with van der Waals surface area (Å²) in [5.74, 6) is -1.09. The molecule has 0 fully saturated rings. The monoisotopic (exact) mass is 753 g/mol. The van der Waals surface area contributed by atoms with Crippen LogP contribution in [-0.4, -0.2) is 81.3 Å². The predicted octanol–water partition coefficient (Wildman–Crippen LogP) is 6.09. The quantitative estimate of drug-likeness (QED) is 0.0981. The number of carbonyl (C=O) groups is 4. The van der Waals surface area contributed by atoms with Gasteiger partial charge in [0.25, 0.3) is 0 Å². The highest BCUT2D eigenvalue weighted by Gasteiger charge is 2.29. The van der Waals surface area contributed by atoms with Crippen molar-refractivity contribution >= 4 is 41.0 Å². The van der Waals surface area contributed by atoms with E-state index in [0.29, 0.717) is 0 Å². The summed E-state index contributed by atoms with van der Waals surface area (Å²) in [4.78, 5) is 66.3. The highest BCUT2D eigenvalue weighted by Crippen LogP contribution is 2.44. The van der Waals surface area contributed by atoms with Crippen LogP contribution < -0.4 is 10.6 Å². The second-order valence-electron chi connectivity index (χ2n) is 12.9. The molecule has 2 aromatic heterocycles. The molecule has 0 atom stereocenters. The van der Waals surface area contributed by atoms with Gasteiger partial charge >= 0.3 is 18.2 Å². The van der Waals surface area contributed by atoms with E-state index in [1.807, 2.05) is 97.1 Å². The first-order valence-electron chi connectivity index (χ1n) is 18.1. The van der Waals surface area contributed by atoms with Crippen LogP contribution in [0.3, 0.4) is 0 Å². The van der Waals surface area contributed by atoms with Gasteiger partial charge in [-0.15, -0.1) is 0 Å². The minimum absolute atomic E-state index is 0.00784. The molecule has 4 aromatic carbocycles. The Labute approximate surface area is 322 Å². The van der Waals surface area contributed by atoms with Crippen LogP contribution in [0.25, 0.3) is 22.3 Å². The second kappa shape index (κ2) is 17.4. The summed E-state index contributed by atoms with van der Waals surface area (Å²) in [5, 5.41) is 5.36. The van der Waals surface area contributed by atoms with E-state index in [9.17, 15) is 19.2 Å². The van der Waals surface area contributed by atoms with Crippen LogP contribution in [0.5, 0.6) is 0 Å². The lowest BCUT2D eigenvalue weighted by atomic mass is 9.98. The number of rotatable bonds is 14. The molecule has 3 amide bonds. The Balaban J connectivity index is 0.979. The van der Waals surface area contributed by atoms with Gasteiger partial charge in [0.05, 0.1) is 12.9 Å². The van der Waals surface area contributed by atoms with Crippen molar-refractivity contribution in [3.63, 3.8) is 0 Å². The van der Waals surface area contributed by atoms with E-state index in [4.69, 9.17) is 14.2 Å². The first-order valence-corrected chi connectivity index (χ1v) is 18.1. The molecule has 14 nitrogen and oxygen atoms in total. The average molecular weight is 754 g/mol. The standard InChI is InChI=1S/C42H39N7O7/c1-2-54-36(51)24-48(22-21-43-41(52)55-25-34-32-19-11-9-17-30(32)31-18-10-12-20-33(31)34)35(50)23-49-27-46-37-39(44-26-45-40(37)49)47-42(53)56-38(28-13-5-3-6-14-28)29-15-7-4-8-16-29/h3-20,26-27,34,38H,2,21-25H2,1H3,(H,43,52)(H,44,45,47,53). The van der Waals surface area contributed by atoms with E-state index < -0.39 is 30.2 Å². The van der Waals surface area contributed by atoms with E-state index in [1.165, 1.54) is 22.1 Å². The molecule has 0 saturated carbocycles. The summed E-state index contributed by atoms with van der Waals surface area (Å²) in [7, 11) is 0. The van der Waals surface area contributed by atoms with Gasteiger partial charge in [-0.1, -0.05) is 109 Å². The number of imidazole rings is 1. The van der Waals surface area contributed by atoms with Crippen LogP contribution in [-0.2, 0) is 30.3 Å². The Morgan fingerprint density at radius 3 is 2.04 bits per heavy atom. The van der Waals surface area contributed by atoms with Crippen molar-refractivity contribution in [3.05, 3.63) is 144 Å². The number of hydrogen-bond acceptors (Lipinski definition) is 10. The number of carbonyl (C=O) groups excluding carboxylic acids is 4. The van der Waals surface area contributed by atoms with Crippen molar-refractivity contribution in [2.75, 3.05) is 38.2 Å². The molecule has 6 aromatic rings. The molecule has 0 aliphatic heterocycles. The fraction of sp³-hybridized carbons (Fsp3) is 0.214. The Bertz CT molecular complexity index is 2250. The smallest absolute Gasteiger partial charge is 0.413 e. The lowest BCUT2D eigenvalue weighted by Gasteiger charge is -2.22. The molecular formula is C42H39N7O7. The Kier molecular flexibility index (Phi) is 11.5. The number of ether oxygens (including phenoxy) is 3. The average Bonchev–Trinajstić information content (AvgIpc) is 3.78. The number of esters is 1. The maximum absolute atomic E-state index is 13.6. The van der Waals surface area contributed by atoms with Crippen molar-refractivity contribution in [1.29, 1.82) is 0 Å². The van der Waals surface area contributed by atoms with Crippen LogP contribution in [0.1, 0.15) is 41.2 Å². The summed E-state index contributed by atoms with van der Waals surface area (Å²) in [6.07, 6.45) is 0.528. The maximum Gasteiger partial charge on any atom is 0.413 e. The van der Waals surface area contributed by atoms with E-state index in [0.717, 1.165) is 33.4 Å². The molecule has 2 N–H and O–H groups in total. The lowest BCUT2D eigenvalue weighted by molar-refractivity contribution is -0.149. The molecular weight excluding hydrogens is 715 g/mol. The van der Waals surface area contributed by atoms with Gasteiger partial charge in [-0.2, -0.15) is 0 Å². The number of aromatic nitrogens is 4. The van der Waals surface area contributed by atoms with Gasteiger partial charge in [0.2, 0.25) is 5.91 Å². The number of fused-ring (bicyclic) bond motifs is 4. The molecule has 1 aliphatic carbocycles. The van der Waals surface area contributed by atoms with Crippen molar-refractivity contribution in [2.24, 2.45) is 0 Å². The zero-order chi connectivity index (χ0) is 38.9. The molecule has 1 aliphatic rings. The van der Waals surface area contributed by atoms with Gasteiger partial charge < -0.3 is 29.0 Å². The van der Waals surface area contributed by atoms with Gasteiger partial charge in [-0.3, -0.25) is 14.9 Å². The third-order valence-corrected chi connectivity index (χ3v) is 9.33. The second-order valence-corrected chi connectivity index (χ2v) is 12.9. The topological polar surface area (TPSA) is 167 Å². The number of alkyl carbamates (subject to hydrolysis) is 1. The summed E-state index contributed by atoms with van der Waals surface area (Å²) >= 11 is 0. The predicted molar refractivity (Wildman–Crippen MR) is 206 cm³/mol. The molecule has 0 saturated heterocycles. The Morgan fingerprint density at radius 1 is 0.768 bits per heavy atom. The number of hydrogen-bond donors (Lipinski definition) is 2. The number of amides is 3. The normalized spacial score (nSPS) is 11.8. The zero-order valence-electron chi connectivity index (χ0n) is 30.5. The molecule has 284 valence electrons. The van der Waals surface area contributed by atoms with Crippen molar-refractivity contribution in [3.8, 4) is 11.1 Å². The molecule has 7 rings (SSSR count). The Morgan fingerprint density at radius 2 is 1.39 bits per heavy atom. The van der Waals surface area contributed by atoms with Gasteiger partial charge in [-0.05, 0) is 40.3 Å². The third-order valence-electron chi connectivity index (χ3n) is 9.33. The molecule has 0 spiro atoms. The highest BCUT2D eigenvalue weighted by atomic mass is 16.6. The van der Waals surface area contributed by atoms with Gasteiger partial charge in [0, 0.05) is 19.0 Å². The van der Waals surface area contributed by atoms with Gasteiger partial charge in [0.15, 0.2) is 23.1 Å². The fourth-order valence-electron chi connectivity index (χ4n) is 6.75. The van der Waals surface area contributed by atoms with E-state index in [1.54, 1.807) is 6.92 Å². The Hall–Kier alpha value is -7.09. The summed E-state index contributed by atoms with van der Waals surface area (Å²) in [6.45, 7) is 1.34. The SMILES string of the molecule is CCOC(=O)CN(CCNC(=O)OCC1c2ccccc2-c2ccccc21)C(=O)Cn1cnc2c(NC(=O)OC(c3ccccc3)c3ccccc3)ncnc21. The number of nitrogens with zero attached hydrogens (tertiary/aromatic N) is 5. The van der Waals surface area contributed by atoms with Crippen LogP contribution >= 0.6 is 0 Å². The summed E-state index contributed by atoms with van der Waals surface area (Å²) < 4.78 is 18.1. The summed E-state index contributed by atoms with van der Waals surface area (Å²) in [6, 6.07) is 34.8. The van der Waals surface area contributed by atoms with E-state index in [-0.39, 0.29) is 62.3 Å². The lowest BCUT2D eigenvalue weighted by Crippen LogP contribution is -2.43. The van der Waals surface area contributed by atoms with Crippen molar-refractivity contribution in [2.45, 2.75) is 25.5 Å². The van der Waals surface area contributed by atoms with Gasteiger partial charge in [0.1, 0.15) is 26.0 Å². The molecule has 56 heavy (non-hydrogen) atoms. The first-order chi connectivity index (χ1) is 27.4. The maximum atomic E-state index is 13.6. The molecule has 14 heteroatoms. The van der Waals surface area contributed by atoms with Gasteiger partial charge in [-0.25, -0.2) is 24.5 Å². The highest BCUT2D eigenvalue weighted by molar-refractivity contribution is 5.94. The number of benzene rings is 4. The van der Waals surface area contributed by atoms with E-state index >= 15 is 0 Å². The number of nitrogens with one attached hydrogen (secondary N) is 2. The molecule has 0 unspecified atom stereocenters. The van der Waals surface area contributed by atoms with Crippen LogP contribution in [0.15, 0.2) is 122 Å². The molecule has 0 bridgehead atoms. The minimum atomic E-state index is -0.766. The molecule has 0 radical (unpaired) electrons. The largest absolute Gasteiger partial charge is 0.465 e. The minimum Gasteiger partial charge on any atom is -0.465 e. The van der Waals surface area contributed by atoms with Crippen LogP contribution in [0, 0.1) is 0 Å². The zero-order valence-corrected chi connectivity index (χ0v) is 30.5. The summed E-state index contributed by atoms with van der Waals surface area (Å²) in [5.41, 5.74) is 6.47. The first kappa shape index (κ1) is 37.2.